The summed E-state index contributed by atoms with van der Waals surface area (Å²) in [5.41, 5.74) is -0.996. The molecule has 1 saturated heterocycles. The van der Waals surface area contributed by atoms with Gasteiger partial charge in [-0.05, 0) is 13.3 Å². The van der Waals surface area contributed by atoms with Gasteiger partial charge in [-0.3, -0.25) is 9.59 Å². The molecular weight excluding hydrogens is 276 g/mol. The van der Waals surface area contributed by atoms with Crippen molar-refractivity contribution in [1.82, 2.24) is 0 Å². The number of carbonyl (C=O) groups is 2. The zero-order chi connectivity index (χ0) is 12.2. The lowest BCUT2D eigenvalue weighted by Gasteiger charge is -2.15. The van der Waals surface area contributed by atoms with Crippen LogP contribution >= 0.6 is 15.9 Å². The Morgan fingerprint density at radius 3 is 2.94 bits per heavy atom. The lowest BCUT2D eigenvalue weighted by atomic mass is 9.83. The second-order valence-electron chi connectivity index (χ2n) is 4.20. The topological polar surface area (TPSA) is 52.6 Å². The first kappa shape index (κ1) is 13.6. The molecule has 1 aliphatic rings. The molecule has 0 aromatic heterocycles. The highest BCUT2D eigenvalue weighted by molar-refractivity contribution is 9.09. The van der Waals surface area contributed by atoms with E-state index in [-0.39, 0.29) is 17.2 Å². The predicted octanol–water partition coefficient (Wildman–Crippen LogP) is 1.70. The van der Waals surface area contributed by atoms with Crippen molar-refractivity contribution in [3.05, 3.63) is 0 Å². The SMILES string of the molecule is CCCOCC1CC(C)(C(=O)CBr)C(=O)O1. The maximum absolute atomic E-state index is 11.6. The number of alkyl halides is 1. The van der Waals surface area contributed by atoms with Crippen LogP contribution in [0.2, 0.25) is 0 Å². The summed E-state index contributed by atoms with van der Waals surface area (Å²) in [6, 6.07) is 0. The number of esters is 1. The molecule has 0 N–H and O–H groups in total. The number of carbonyl (C=O) groups excluding carboxylic acids is 2. The molecule has 1 aliphatic heterocycles. The van der Waals surface area contributed by atoms with Gasteiger partial charge in [-0.25, -0.2) is 0 Å². The monoisotopic (exact) mass is 292 g/mol. The van der Waals surface area contributed by atoms with Gasteiger partial charge in [-0.1, -0.05) is 22.9 Å². The summed E-state index contributed by atoms with van der Waals surface area (Å²) >= 11 is 3.08. The molecule has 0 radical (unpaired) electrons. The molecule has 2 atom stereocenters. The van der Waals surface area contributed by atoms with Gasteiger partial charge in [0.15, 0.2) is 5.78 Å². The summed E-state index contributed by atoms with van der Waals surface area (Å²) in [5.74, 6) is -0.558. The van der Waals surface area contributed by atoms with E-state index in [1.54, 1.807) is 6.92 Å². The van der Waals surface area contributed by atoms with Crippen molar-refractivity contribution in [3.63, 3.8) is 0 Å². The molecule has 0 spiro atoms. The van der Waals surface area contributed by atoms with Crippen molar-refractivity contribution in [3.8, 4) is 0 Å². The van der Waals surface area contributed by atoms with Gasteiger partial charge in [0.05, 0.1) is 11.9 Å². The fraction of sp³-hybridized carbons (Fsp3) is 0.818. The van der Waals surface area contributed by atoms with Crippen molar-refractivity contribution in [2.75, 3.05) is 18.5 Å². The van der Waals surface area contributed by atoms with Crippen LogP contribution in [-0.4, -0.2) is 36.4 Å². The molecule has 0 aliphatic carbocycles. The van der Waals surface area contributed by atoms with Gasteiger partial charge in [0, 0.05) is 13.0 Å². The van der Waals surface area contributed by atoms with Gasteiger partial charge in [-0.2, -0.15) is 0 Å². The smallest absolute Gasteiger partial charge is 0.319 e. The number of ketones is 1. The van der Waals surface area contributed by atoms with Gasteiger partial charge >= 0.3 is 5.97 Å². The van der Waals surface area contributed by atoms with Crippen molar-refractivity contribution in [2.24, 2.45) is 5.41 Å². The highest BCUT2D eigenvalue weighted by atomic mass is 79.9. The van der Waals surface area contributed by atoms with Crippen LogP contribution < -0.4 is 0 Å². The van der Waals surface area contributed by atoms with E-state index in [9.17, 15) is 9.59 Å². The largest absolute Gasteiger partial charge is 0.459 e. The minimum Gasteiger partial charge on any atom is -0.459 e. The maximum Gasteiger partial charge on any atom is 0.319 e. The van der Waals surface area contributed by atoms with Crippen LogP contribution in [-0.2, 0) is 19.1 Å². The Balaban J connectivity index is 2.53. The average Bonchev–Trinajstić information content (AvgIpc) is 2.55. The molecule has 5 heteroatoms. The van der Waals surface area contributed by atoms with Gasteiger partial charge in [0.1, 0.15) is 11.5 Å². The predicted molar refractivity (Wildman–Crippen MR) is 62.5 cm³/mol. The second-order valence-corrected chi connectivity index (χ2v) is 4.76. The van der Waals surface area contributed by atoms with Crippen LogP contribution in [0.25, 0.3) is 0 Å². The Morgan fingerprint density at radius 2 is 2.38 bits per heavy atom. The third-order valence-electron chi connectivity index (χ3n) is 2.75. The number of ether oxygens (including phenoxy) is 2. The minimum absolute atomic E-state index is 0.129. The van der Waals surface area contributed by atoms with E-state index in [1.807, 2.05) is 6.92 Å². The Labute approximate surface area is 104 Å². The molecule has 0 aromatic carbocycles. The van der Waals surface area contributed by atoms with E-state index >= 15 is 0 Å². The number of cyclic esters (lactones) is 1. The number of hydrogen-bond donors (Lipinski definition) is 0. The third kappa shape index (κ3) is 2.83. The minimum atomic E-state index is -0.996. The van der Waals surface area contributed by atoms with Crippen LogP contribution in [0.5, 0.6) is 0 Å². The van der Waals surface area contributed by atoms with E-state index in [0.717, 1.165) is 6.42 Å². The normalized spacial score (nSPS) is 29.2. The van der Waals surface area contributed by atoms with Crippen LogP contribution in [0.3, 0.4) is 0 Å². The molecule has 0 saturated carbocycles. The standard InChI is InChI=1S/C11H17BrO4/c1-3-4-15-7-8-5-11(2,9(13)6-12)10(14)16-8/h8H,3-7H2,1-2H3. The van der Waals surface area contributed by atoms with E-state index in [4.69, 9.17) is 9.47 Å². The zero-order valence-electron chi connectivity index (χ0n) is 9.62. The molecule has 92 valence electrons. The first-order valence-electron chi connectivity index (χ1n) is 5.42. The summed E-state index contributed by atoms with van der Waals surface area (Å²) < 4.78 is 10.5. The van der Waals surface area contributed by atoms with Gasteiger partial charge in [0.2, 0.25) is 0 Å². The van der Waals surface area contributed by atoms with Crippen molar-refractivity contribution >= 4 is 27.7 Å². The Kier molecular flexibility index (Phi) is 4.92. The lowest BCUT2D eigenvalue weighted by molar-refractivity contribution is -0.152. The molecule has 1 fully saturated rings. The third-order valence-corrected chi connectivity index (χ3v) is 3.26. The summed E-state index contributed by atoms with van der Waals surface area (Å²) in [6.45, 7) is 4.68. The molecular formula is C11H17BrO4. The number of halogens is 1. The average molecular weight is 293 g/mol. The lowest BCUT2D eigenvalue weighted by Crippen LogP contribution is -2.33. The molecule has 2 unspecified atom stereocenters. The zero-order valence-corrected chi connectivity index (χ0v) is 11.2. The Bertz CT molecular complexity index is 279. The summed E-state index contributed by atoms with van der Waals surface area (Å²) in [7, 11) is 0. The number of rotatable bonds is 6. The molecule has 16 heavy (non-hydrogen) atoms. The van der Waals surface area contributed by atoms with Crippen molar-refractivity contribution in [1.29, 1.82) is 0 Å². The fourth-order valence-electron chi connectivity index (χ4n) is 1.69. The van der Waals surface area contributed by atoms with E-state index < -0.39 is 11.4 Å². The van der Waals surface area contributed by atoms with Crippen LogP contribution in [0.1, 0.15) is 26.7 Å². The number of Topliss-reactive ketones (excluding diaryl/α,β-unsaturated/α-hetero) is 1. The first-order valence-corrected chi connectivity index (χ1v) is 6.54. The summed E-state index contributed by atoms with van der Waals surface area (Å²) in [4.78, 5) is 23.3. The Morgan fingerprint density at radius 1 is 1.69 bits per heavy atom. The van der Waals surface area contributed by atoms with Crippen molar-refractivity contribution < 1.29 is 19.1 Å². The molecule has 0 bridgehead atoms. The molecule has 0 aromatic rings. The summed E-state index contributed by atoms with van der Waals surface area (Å²) in [5, 5.41) is 0.182. The van der Waals surface area contributed by atoms with Gasteiger partial charge in [-0.15, -0.1) is 0 Å². The first-order chi connectivity index (χ1) is 7.54. The van der Waals surface area contributed by atoms with E-state index in [1.165, 1.54) is 0 Å². The molecule has 0 amide bonds. The highest BCUT2D eigenvalue weighted by Crippen LogP contribution is 2.35. The second kappa shape index (κ2) is 5.77. The quantitative estimate of drug-likeness (QED) is 0.324. The fourth-order valence-corrected chi connectivity index (χ4v) is 2.31. The maximum atomic E-state index is 11.6. The molecule has 4 nitrogen and oxygen atoms in total. The van der Waals surface area contributed by atoms with Crippen LogP contribution in [0, 0.1) is 5.41 Å². The molecule has 1 rings (SSSR count). The van der Waals surface area contributed by atoms with Crippen molar-refractivity contribution in [2.45, 2.75) is 32.8 Å². The molecule has 1 heterocycles. The summed E-state index contributed by atoms with van der Waals surface area (Å²) in [6.07, 6.45) is 1.06. The van der Waals surface area contributed by atoms with Crippen LogP contribution in [0.15, 0.2) is 0 Å². The highest BCUT2D eigenvalue weighted by Gasteiger charge is 2.50. The number of hydrogen-bond acceptors (Lipinski definition) is 4. The van der Waals surface area contributed by atoms with Crippen LogP contribution in [0.4, 0.5) is 0 Å². The van der Waals surface area contributed by atoms with E-state index in [0.29, 0.717) is 19.6 Å². The van der Waals surface area contributed by atoms with Gasteiger partial charge < -0.3 is 9.47 Å². The van der Waals surface area contributed by atoms with E-state index in [2.05, 4.69) is 15.9 Å². The Hall–Kier alpha value is -0.420. The van der Waals surface area contributed by atoms with Gasteiger partial charge in [0.25, 0.3) is 0 Å².